The quantitative estimate of drug-likeness (QED) is 0.669. The first-order valence-electron chi connectivity index (χ1n) is 8.23. The topological polar surface area (TPSA) is 69.5 Å². The number of aromatic nitrogens is 3. The first-order valence-corrected chi connectivity index (χ1v) is 9.04. The van der Waals surface area contributed by atoms with Crippen molar-refractivity contribution in [3.8, 4) is 0 Å². The van der Waals surface area contributed by atoms with Gasteiger partial charge in [0.05, 0.1) is 6.54 Å². The van der Waals surface area contributed by atoms with E-state index in [2.05, 4.69) is 43.9 Å². The summed E-state index contributed by atoms with van der Waals surface area (Å²) in [6.07, 6.45) is 5.48. The van der Waals surface area contributed by atoms with Gasteiger partial charge in [-0.1, -0.05) is 0 Å². The molecule has 2 aromatic rings. The molecule has 1 saturated heterocycles. The van der Waals surface area contributed by atoms with Gasteiger partial charge in [0.15, 0.2) is 5.96 Å². The lowest BCUT2D eigenvalue weighted by molar-refractivity contribution is 0.370. The molecule has 1 aliphatic heterocycles. The largest absolute Gasteiger partial charge is 0.357 e. The van der Waals surface area contributed by atoms with E-state index in [0.717, 1.165) is 49.6 Å². The lowest BCUT2D eigenvalue weighted by Gasteiger charge is -2.36. The number of rotatable bonds is 4. The van der Waals surface area contributed by atoms with Gasteiger partial charge in [0, 0.05) is 56.2 Å². The van der Waals surface area contributed by atoms with Crippen LogP contribution in [0.25, 0.3) is 0 Å². The highest BCUT2D eigenvalue weighted by atomic mass is 32.1. The van der Waals surface area contributed by atoms with Crippen LogP contribution in [0.3, 0.4) is 0 Å². The summed E-state index contributed by atoms with van der Waals surface area (Å²) in [5, 5.41) is 4.44. The predicted octanol–water partition coefficient (Wildman–Crippen LogP) is 1.53. The third-order valence-corrected chi connectivity index (χ3v) is 4.68. The molecule has 0 spiro atoms. The van der Waals surface area contributed by atoms with Crippen molar-refractivity contribution in [1.29, 1.82) is 0 Å². The van der Waals surface area contributed by atoms with Crippen molar-refractivity contribution < 1.29 is 0 Å². The van der Waals surface area contributed by atoms with Gasteiger partial charge in [0.25, 0.3) is 0 Å². The van der Waals surface area contributed by atoms with Crippen molar-refractivity contribution in [1.82, 2.24) is 25.2 Å². The molecule has 1 aliphatic rings. The molecule has 0 aromatic carbocycles. The van der Waals surface area contributed by atoms with E-state index in [4.69, 9.17) is 4.99 Å². The third kappa shape index (κ3) is 4.19. The zero-order valence-electron chi connectivity index (χ0n) is 14.1. The molecule has 7 nitrogen and oxygen atoms in total. The molecule has 0 bridgehead atoms. The fourth-order valence-corrected chi connectivity index (χ4v) is 3.33. The van der Waals surface area contributed by atoms with Gasteiger partial charge in [-0.15, -0.1) is 11.3 Å². The summed E-state index contributed by atoms with van der Waals surface area (Å²) in [5.41, 5.74) is 0. The van der Waals surface area contributed by atoms with Crippen molar-refractivity contribution in [2.24, 2.45) is 4.99 Å². The molecule has 0 amide bonds. The Hall–Kier alpha value is -2.22. The van der Waals surface area contributed by atoms with E-state index < -0.39 is 0 Å². The van der Waals surface area contributed by atoms with Gasteiger partial charge in [-0.05, 0) is 19.9 Å². The Bertz CT molecular complexity index is 662. The van der Waals surface area contributed by atoms with Crippen LogP contribution in [0, 0.1) is 6.92 Å². The first kappa shape index (κ1) is 16.6. The fraction of sp³-hybridized carbons (Fsp3) is 0.500. The number of aliphatic imine (C=N–C) groups is 1. The van der Waals surface area contributed by atoms with E-state index in [1.54, 1.807) is 23.7 Å². The number of piperazine rings is 1. The molecular weight excluding hydrogens is 322 g/mol. The van der Waals surface area contributed by atoms with E-state index in [1.807, 2.05) is 12.3 Å². The van der Waals surface area contributed by atoms with Gasteiger partial charge in [0.2, 0.25) is 5.95 Å². The van der Waals surface area contributed by atoms with Crippen LogP contribution in [-0.2, 0) is 6.54 Å². The molecule has 0 unspecified atom stereocenters. The number of nitrogens with one attached hydrogen (secondary N) is 1. The zero-order valence-corrected chi connectivity index (χ0v) is 15.0. The highest BCUT2D eigenvalue weighted by Gasteiger charge is 2.21. The highest BCUT2D eigenvalue weighted by Crippen LogP contribution is 2.13. The summed E-state index contributed by atoms with van der Waals surface area (Å²) in [7, 11) is 0. The second kappa shape index (κ2) is 8.05. The Kier molecular flexibility index (Phi) is 5.58. The maximum Gasteiger partial charge on any atom is 0.225 e. The Labute approximate surface area is 146 Å². The lowest BCUT2D eigenvalue weighted by atomic mass is 10.3. The molecule has 3 rings (SSSR count). The van der Waals surface area contributed by atoms with Crippen LogP contribution in [0.15, 0.2) is 29.6 Å². The van der Waals surface area contributed by atoms with E-state index in [1.165, 1.54) is 4.88 Å². The van der Waals surface area contributed by atoms with Crippen LogP contribution in [0.1, 0.15) is 16.8 Å². The smallest absolute Gasteiger partial charge is 0.225 e. The molecule has 128 valence electrons. The molecule has 1 N–H and O–H groups in total. The number of guanidine groups is 1. The SMILES string of the molecule is CCNC(=NCc1ncc(C)s1)N1CCN(c2ncccn2)CC1. The second-order valence-corrected chi connectivity index (χ2v) is 6.88. The van der Waals surface area contributed by atoms with Crippen molar-refractivity contribution in [3.05, 3.63) is 34.5 Å². The lowest BCUT2D eigenvalue weighted by Crippen LogP contribution is -2.52. The molecule has 0 atom stereocenters. The summed E-state index contributed by atoms with van der Waals surface area (Å²) in [5.74, 6) is 1.76. The molecule has 0 radical (unpaired) electrons. The van der Waals surface area contributed by atoms with E-state index in [9.17, 15) is 0 Å². The van der Waals surface area contributed by atoms with Crippen LogP contribution in [0.2, 0.25) is 0 Å². The maximum atomic E-state index is 4.75. The molecule has 0 saturated carbocycles. The molecule has 3 heterocycles. The fourth-order valence-electron chi connectivity index (χ4n) is 2.62. The van der Waals surface area contributed by atoms with Crippen molar-refractivity contribution in [2.45, 2.75) is 20.4 Å². The summed E-state index contributed by atoms with van der Waals surface area (Å²) >= 11 is 1.70. The van der Waals surface area contributed by atoms with Crippen LogP contribution in [0.5, 0.6) is 0 Å². The Morgan fingerprint density at radius 3 is 2.58 bits per heavy atom. The summed E-state index contributed by atoms with van der Waals surface area (Å²) < 4.78 is 0. The predicted molar refractivity (Wildman–Crippen MR) is 97.5 cm³/mol. The molecule has 0 aliphatic carbocycles. The minimum absolute atomic E-state index is 0.628. The van der Waals surface area contributed by atoms with Crippen LogP contribution in [0.4, 0.5) is 5.95 Å². The number of thiazole rings is 1. The summed E-state index contributed by atoms with van der Waals surface area (Å²) in [6, 6.07) is 1.84. The van der Waals surface area contributed by atoms with Crippen LogP contribution in [-0.4, -0.2) is 58.5 Å². The van der Waals surface area contributed by atoms with Crippen molar-refractivity contribution in [2.75, 3.05) is 37.6 Å². The van der Waals surface area contributed by atoms with Gasteiger partial charge < -0.3 is 15.1 Å². The number of nitrogens with zero attached hydrogens (tertiary/aromatic N) is 6. The Balaban J connectivity index is 1.61. The number of aryl methyl sites for hydroxylation is 1. The van der Waals surface area contributed by atoms with Gasteiger partial charge in [-0.3, -0.25) is 0 Å². The minimum atomic E-state index is 0.628. The molecule has 2 aromatic heterocycles. The van der Waals surface area contributed by atoms with Gasteiger partial charge in [-0.2, -0.15) is 0 Å². The van der Waals surface area contributed by atoms with E-state index in [-0.39, 0.29) is 0 Å². The molecular formula is C16H23N7S. The van der Waals surface area contributed by atoms with Gasteiger partial charge in [0.1, 0.15) is 5.01 Å². The number of anilines is 1. The zero-order chi connectivity index (χ0) is 16.8. The molecule has 24 heavy (non-hydrogen) atoms. The van der Waals surface area contributed by atoms with Gasteiger partial charge in [-0.25, -0.2) is 19.9 Å². The average molecular weight is 345 g/mol. The first-order chi connectivity index (χ1) is 11.8. The Morgan fingerprint density at radius 2 is 1.96 bits per heavy atom. The van der Waals surface area contributed by atoms with Crippen LogP contribution >= 0.6 is 11.3 Å². The standard InChI is InChI=1S/C16H23N7S/c1-3-17-15(21-12-14-20-11-13(2)24-14)22-7-9-23(10-8-22)16-18-5-4-6-19-16/h4-6,11H,3,7-10,12H2,1-2H3,(H,17,21). The van der Waals surface area contributed by atoms with Crippen molar-refractivity contribution >= 4 is 23.2 Å². The van der Waals surface area contributed by atoms with Gasteiger partial charge >= 0.3 is 0 Å². The number of hydrogen-bond acceptors (Lipinski definition) is 6. The third-order valence-electron chi connectivity index (χ3n) is 3.78. The van der Waals surface area contributed by atoms with E-state index >= 15 is 0 Å². The number of hydrogen-bond donors (Lipinski definition) is 1. The van der Waals surface area contributed by atoms with Crippen LogP contribution < -0.4 is 10.2 Å². The minimum Gasteiger partial charge on any atom is -0.357 e. The second-order valence-electron chi connectivity index (χ2n) is 5.56. The van der Waals surface area contributed by atoms with Crippen molar-refractivity contribution in [3.63, 3.8) is 0 Å². The summed E-state index contributed by atoms with van der Waals surface area (Å²) in [6.45, 7) is 9.25. The molecule has 1 fully saturated rings. The Morgan fingerprint density at radius 1 is 1.21 bits per heavy atom. The monoisotopic (exact) mass is 345 g/mol. The normalized spacial score (nSPS) is 15.7. The maximum absolute atomic E-state index is 4.75. The summed E-state index contributed by atoms with van der Waals surface area (Å²) in [4.78, 5) is 23.5. The molecule has 8 heteroatoms. The highest BCUT2D eigenvalue weighted by molar-refractivity contribution is 7.11. The van der Waals surface area contributed by atoms with E-state index in [0.29, 0.717) is 6.54 Å². The average Bonchev–Trinajstić information content (AvgIpc) is 3.05.